The van der Waals surface area contributed by atoms with E-state index in [1.54, 1.807) is 0 Å². The summed E-state index contributed by atoms with van der Waals surface area (Å²) in [6.45, 7) is 39.7. The Balaban J connectivity index is 6.47. The molecule has 0 radical (unpaired) electrons. The Bertz CT molecular complexity index is 994. The van der Waals surface area contributed by atoms with E-state index in [0.29, 0.717) is 32.5 Å². The van der Waals surface area contributed by atoms with E-state index in [4.69, 9.17) is 8.85 Å². The second-order valence-electron chi connectivity index (χ2n) is 20.3. The molecule has 0 rings (SSSR count). The summed E-state index contributed by atoms with van der Waals surface area (Å²) in [6, 6.07) is 2.24. The molecule has 0 bridgehead atoms. The van der Waals surface area contributed by atoms with Crippen molar-refractivity contribution in [3.63, 3.8) is 0 Å². The maximum absolute atomic E-state index is 11.4. The fourth-order valence-corrected chi connectivity index (χ4v) is 102. The molecule has 6 nitrogen and oxygen atoms in total. The number of hydrogen-bond donors (Lipinski definition) is 4. The first-order valence-electron chi connectivity index (χ1n) is 20.9. The Hall–Kier alpha value is 4.28. The summed E-state index contributed by atoms with van der Waals surface area (Å²) in [5, 5.41) is 0. The van der Waals surface area contributed by atoms with Crippen molar-refractivity contribution < 1.29 is 28.0 Å². The van der Waals surface area contributed by atoms with Crippen molar-refractivity contribution in [3.8, 4) is 0 Å². The molecular formula is C36H92O6P4S2Si6Sn. The van der Waals surface area contributed by atoms with Gasteiger partial charge in [0.1, 0.15) is 0 Å². The normalized spacial score (nSPS) is 17.9. The summed E-state index contributed by atoms with van der Waals surface area (Å²) < 4.78 is 15.9. The first-order valence-corrected chi connectivity index (χ1v) is 58.0. The van der Waals surface area contributed by atoms with Crippen LogP contribution < -0.4 is 0 Å². The van der Waals surface area contributed by atoms with Crippen LogP contribution in [0, 0.1) is 0 Å². The third-order valence-electron chi connectivity index (χ3n) is 12.8. The van der Waals surface area contributed by atoms with Gasteiger partial charge < -0.3 is 0 Å². The molecule has 0 aliphatic rings. The van der Waals surface area contributed by atoms with E-state index >= 15 is 0 Å². The molecule has 0 aliphatic carbocycles. The fraction of sp³-hybridized carbons (Fsp3) is 1.00. The van der Waals surface area contributed by atoms with Gasteiger partial charge in [0.25, 0.3) is 0 Å². The molecule has 19 heteroatoms. The molecule has 55 heavy (non-hydrogen) atoms. The van der Waals surface area contributed by atoms with E-state index in [2.05, 4.69) is 140 Å². The zero-order valence-corrected chi connectivity index (χ0v) is 53.9. The van der Waals surface area contributed by atoms with Gasteiger partial charge in [-0.2, -0.15) is 0 Å². The molecule has 332 valence electrons. The zero-order chi connectivity index (χ0) is 43.6. The Morgan fingerprint density at radius 2 is 0.709 bits per heavy atom. The van der Waals surface area contributed by atoms with Crippen LogP contribution in [-0.4, -0.2) is 128 Å². The van der Waals surface area contributed by atoms with E-state index in [9.17, 15) is 19.2 Å². The number of unbranched alkanes of at least 4 members (excludes halogenated alkanes) is 2. The van der Waals surface area contributed by atoms with E-state index in [-0.39, 0.29) is 19.1 Å². The zero-order valence-electron chi connectivity index (χ0n) is 39.4. The van der Waals surface area contributed by atoms with Crippen molar-refractivity contribution in [3.05, 3.63) is 0 Å². The molecule has 0 aromatic carbocycles. The number of hydrogen-bond acceptors (Lipinski definition) is 8. The van der Waals surface area contributed by atoms with Crippen LogP contribution in [0.25, 0.3) is 0 Å². The van der Waals surface area contributed by atoms with Crippen molar-refractivity contribution in [2.45, 2.75) is 200 Å². The van der Waals surface area contributed by atoms with Crippen molar-refractivity contribution in [1.82, 2.24) is 0 Å². The Kier molecular flexibility index (Phi) is 25.3. The Labute approximate surface area is 365 Å². The minimum absolute atomic E-state index is 0.121. The van der Waals surface area contributed by atoms with Gasteiger partial charge >= 0.3 is 369 Å². The van der Waals surface area contributed by atoms with Gasteiger partial charge in [0.2, 0.25) is 0 Å². The molecule has 4 atom stereocenters. The standard InChI is InChI=1S/2C14H38O3P2SSi3.2C4H9.Sn/c2*1-13(2,21(6,7)15)18-23(17-5,12-10-11-20)19-14(3,4)22(8,9)16;2*1-3-4-2;/h2*15-16,18-20H,10-12H2,1-9H3;2*1,3-4H2,2H3;/q;;;;+2/p-2. The molecule has 4 unspecified atom stereocenters. The summed E-state index contributed by atoms with van der Waals surface area (Å²) in [5.41, 5.74) is 0. The molecule has 0 aromatic heterocycles. The van der Waals surface area contributed by atoms with Crippen LogP contribution in [-0.2, 0) is 8.85 Å². The molecule has 0 amide bonds. The average Bonchev–Trinajstić information content (AvgIpc) is 2.99. The second-order valence-corrected chi connectivity index (χ2v) is 93.2. The van der Waals surface area contributed by atoms with Crippen LogP contribution in [0.3, 0.4) is 0 Å². The molecule has 4 N–H and O–H groups in total. The van der Waals surface area contributed by atoms with Crippen LogP contribution in [0.15, 0.2) is 0 Å². The quantitative estimate of drug-likeness (QED) is 0.0321. The molecule has 0 spiro atoms. The van der Waals surface area contributed by atoms with Gasteiger partial charge in [0.05, 0.1) is 0 Å². The third-order valence-corrected chi connectivity index (χ3v) is 97.9. The van der Waals surface area contributed by atoms with Crippen molar-refractivity contribution >= 4 is 115 Å². The van der Waals surface area contributed by atoms with Crippen molar-refractivity contribution in [1.29, 1.82) is 0 Å². The fourth-order valence-electron chi connectivity index (χ4n) is 5.86. The van der Waals surface area contributed by atoms with Crippen LogP contribution in [0.2, 0.25) is 73.3 Å². The monoisotopic (exact) mass is 1100 g/mol. The average molecular weight is 1100 g/mol. The summed E-state index contributed by atoms with van der Waals surface area (Å²) >= 11 is -2.66. The summed E-state index contributed by atoms with van der Waals surface area (Å²) in [6.07, 6.45) is 7.53. The van der Waals surface area contributed by atoms with E-state index in [1.807, 2.05) is 14.2 Å². The maximum atomic E-state index is 11.4. The van der Waals surface area contributed by atoms with Crippen molar-refractivity contribution in [2.24, 2.45) is 0 Å². The van der Waals surface area contributed by atoms with Crippen LogP contribution in [0.1, 0.15) is 108 Å². The second kappa shape index (κ2) is 23.5. The van der Waals surface area contributed by atoms with Gasteiger partial charge in [-0.25, -0.2) is 0 Å². The van der Waals surface area contributed by atoms with Gasteiger partial charge in [-0.05, 0) is 0 Å². The first-order chi connectivity index (χ1) is 24.5. The van der Waals surface area contributed by atoms with E-state index in [1.165, 1.54) is 58.9 Å². The van der Waals surface area contributed by atoms with Crippen molar-refractivity contribution in [2.75, 3.05) is 25.7 Å². The Morgan fingerprint density at radius 1 is 0.473 bits per heavy atom. The molecule has 0 saturated carbocycles. The predicted octanol–water partition coefficient (Wildman–Crippen LogP) is 12.2. The van der Waals surface area contributed by atoms with Crippen LogP contribution in [0.4, 0.5) is 0 Å². The van der Waals surface area contributed by atoms with Gasteiger partial charge in [-0.1, -0.05) is 0 Å². The van der Waals surface area contributed by atoms with Gasteiger partial charge in [0.15, 0.2) is 0 Å². The molecule has 0 fully saturated rings. The molecule has 0 aromatic rings. The SMILES string of the molecule is CCC[CH2][Sn]([CH2]CCC)([S]CCC[Si](OC)(PC(C)(C)[Si](C)(C)O)PC(C)(C)[Si](C)(C)O)[S]CCC[Si](OC)(PC(C)(C)[Si](C)(C)O)PC(C)(C)[Si](C)(C)O. The van der Waals surface area contributed by atoms with Gasteiger partial charge in [0, 0.05) is 0 Å². The third kappa shape index (κ3) is 19.1. The molecule has 0 saturated heterocycles. The first kappa shape index (κ1) is 59.3. The van der Waals surface area contributed by atoms with Gasteiger partial charge in [-0.15, -0.1) is 0 Å². The molecule has 0 aliphatic heterocycles. The predicted molar refractivity (Wildman–Crippen MR) is 283 cm³/mol. The number of rotatable bonds is 30. The summed E-state index contributed by atoms with van der Waals surface area (Å²) in [7, 11) is -2.97. The summed E-state index contributed by atoms with van der Waals surface area (Å²) in [4.78, 5) is 45.6. The van der Waals surface area contributed by atoms with E-state index in [0.717, 1.165) is 12.1 Å². The topological polar surface area (TPSA) is 99.4 Å². The molecular weight excluding hydrogens is 1000 g/mol. The summed E-state index contributed by atoms with van der Waals surface area (Å²) in [5.74, 6) is 2.41. The molecule has 0 heterocycles. The van der Waals surface area contributed by atoms with Gasteiger partial charge in [-0.3, -0.25) is 0 Å². The van der Waals surface area contributed by atoms with E-state index < -0.39 is 64.2 Å². The van der Waals surface area contributed by atoms with Crippen LogP contribution >= 0.6 is 50.4 Å². The van der Waals surface area contributed by atoms with Crippen LogP contribution in [0.5, 0.6) is 0 Å². The Morgan fingerprint density at radius 3 is 0.891 bits per heavy atom. The minimum atomic E-state index is -2.66.